The standard InChI is InChI=1S/C17H29N3O/c1-11(2)14(5)20-16-8-6-7-15(13(16)4)17(21)19-10-9-12(3)18/h6-8,11-12,14,20H,9-10,18H2,1-5H3,(H,19,21). The summed E-state index contributed by atoms with van der Waals surface area (Å²) in [6.07, 6.45) is 0.785. The average molecular weight is 291 g/mol. The van der Waals surface area contributed by atoms with Crippen LogP contribution in [-0.2, 0) is 0 Å². The van der Waals surface area contributed by atoms with Gasteiger partial charge in [0.15, 0.2) is 0 Å². The highest BCUT2D eigenvalue weighted by Crippen LogP contribution is 2.21. The number of amides is 1. The fourth-order valence-corrected chi connectivity index (χ4v) is 1.96. The summed E-state index contributed by atoms with van der Waals surface area (Å²) < 4.78 is 0. The SMILES string of the molecule is Cc1c(NC(C)C(C)C)cccc1C(=O)NCCC(C)N. The minimum Gasteiger partial charge on any atom is -0.382 e. The zero-order valence-corrected chi connectivity index (χ0v) is 13.9. The molecule has 1 aromatic rings. The molecule has 1 rings (SSSR count). The molecular weight excluding hydrogens is 262 g/mol. The molecule has 4 heteroatoms. The molecule has 0 aliphatic heterocycles. The number of hydrogen-bond acceptors (Lipinski definition) is 3. The Morgan fingerprint density at radius 1 is 1.24 bits per heavy atom. The Morgan fingerprint density at radius 2 is 1.90 bits per heavy atom. The molecule has 0 saturated heterocycles. The second kappa shape index (κ2) is 8.03. The number of carbonyl (C=O) groups excluding carboxylic acids is 1. The van der Waals surface area contributed by atoms with Gasteiger partial charge in [-0.15, -0.1) is 0 Å². The Labute approximate surface area is 128 Å². The summed E-state index contributed by atoms with van der Waals surface area (Å²) in [7, 11) is 0. The lowest BCUT2D eigenvalue weighted by atomic mass is 10.0. The Hall–Kier alpha value is -1.55. The van der Waals surface area contributed by atoms with Crippen LogP contribution in [0.15, 0.2) is 18.2 Å². The summed E-state index contributed by atoms with van der Waals surface area (Å²) in [5.41, 5.74) is 8.43. The lowest BCUT2D eigenvalue weighted by Gasteiger charge is -2.21. The largest absolute Gasteiger partial charge is 0.382 e. The van der Waals surface area contributed by atoms with E-state index in [4.69, 9.17) is 5.73 Å². The Kier molecular flexibility index (Phi) is 6.69. The number of hydrogen-bond donors (Lipinski definition) is 3. The average Bonchev–Trinajstić information content (AvgIpc) is 2.40. The van der Waals surface area contributed by atoms with Crippen LogP contribution in [0.25, 0.3) is 0 Å². The van der Waals surface area contributed by atoms with Gasteiger partial charge in [0.25, 0.3) is 5.91 Å². The van der Waals surface area contributed by atoms with Crippen molar-refractivity contribution in [3.8, 4) is 0 Å². The predicted molar refractivity (Wildman–Crippen MR) is 89.7 cm³/mol. The summed E-state index contributed by atoms with van der Waals surface area (Å²) in [5.74, 6) is 0.502. The molecule has 0 aromatic heterocycles. The van der Waals surface area contributed by atoms with E-state index in [2.05, 4.69) is 31.4 Å². The van der Waals surface area contributed by atoms with E-state index in [-0.39, 0.29) is 11.9 Å². The van der Waals surface area contributed by atoms with Crippen LogP contribution < -0.4 is 16.4 Å². The molecule has 0 aliphatic rings. The highest BCUT2D eigenvalue weighted by atomic mass is 16.1. The molecule has 4 N–H and O–H groups in total. The van der Waals surface area contributed by atoms with E-state index in [1.54, 1.807) is 0 Å². The van der Waals surface area contributed by atoms with Gasteiger partial charge in [-0.2, -0.15) is 0 Å². The van der Waals surface area contributed by atoms with Crippen LogP contribution in [0.1, 0.15) is 50.0 Å². The maximum atomic E-state index is 12.2. The van der Waals surface area contributed by atoms with E-state index >= 15 is 0 Å². The first-order valence-corrected chi connectivity index (χ1v) is 7.72. The molecule has 1 aromatic carbocycles. The molecule has 0 heterocycles. The van der Waals surface area contributed by atoms with Crippen LogP contribution in [0.4, 0.5) is 5.69 Å². The first kappa shape index (κ1) is 17.5. The van der Waals surface area contributed by atoms with E-state index in [9.17, 15) is 4.79 Å². The van der Waals surface area contributed by atoms with Crippen molar-refractivity contribution in [2.75, 3.05) is 11.9 Å². The third-order valence-electron chi connectivity index (χ3n) is 3.85. The zero-order chi connectivity index (χ0) is 16.0. The van der Waals surface area contributed by atoms with E-state index in [1.165, 1.54) is 0 Å². The number of rotatable bonds is 7. The second-order valence-electron chi connectivity index (χ2n) is 6.18. The molecule has 21 heavy (non-hydrogen) atoms. The molecule has 0 fully saturated rings. The summed E-state index contributed by atoms with van der Waals surface area (Å²) in [4.78, 5) is 12.2. The molecule has 2 unspecified atom stereocenters. The normalized spacial score (nSPS) is 13.9. The fourth-order valence-electron chi connectivity index (χ4n) is 1.96. The third-order valence-corrected chi connectivity index (χ3v) is 3.85. The number of carbonyl (C=O) groups is 1. The molecule has 118 valence electrons. The number of benzene rings is 1. The molecule has 0 radical (unpaired) electrons. The molecular formula is C17H29N3O. The van der Waals surface area contributed by atoms with Gasteiger partial charge >= 0.3 is 0 Å². The van der Waals surface area contributed by atoms with E-state index in [1.807, 2.05) is 32.0 Å². The first-order chi connectivity index (χ1) is 9.82. The van der Waals surface area contributed by atoms with Crippen molar-refractivity contribution in [1.29, 1.82) is 0 Å². The number of nitrogens with one attached hydrogen (secondary N) is 2. The first-order valence-electron chi connectivity index (χ1n) is 7.72. The molecule has 0 aliphatic carbocycles. The van der Waals surface area contributed by atoms with Crippen molar-refractivity contribution in [2.24, 2.45) is 11.7 Å². The van der Waals surface area contributed by atoms with Crippen LogP contribution in [0.5, 0.6) is 0 Å². The Morgan fingerprint density at radius 3 is 2.48 bits per heavy atom. The summed E-state index contributed by atoms with van der Waals surface area (Å²) in [6.45, 7) is 11.0. The van der Waals surface area contributed by atoms with Gasteiger partial charge in [0.1, 0.15) is 0 Å². The van der Waals surface area contributed by atoms with Crippen LogP contribution >= 0.6 is 0 Å². The number of nitrogens with two attached hydrogens (primary N) is 1. The van der Waals surface area contributed by atoms with Gasteiger partial charge in [-0.25, -0.2) is 0 Å². The minimum absolute atomic E-state index is 0.0333. The van der Waals surface area contributed by atoms with Crippen LogP contribution in [0.3, 0.4) is 0 Å². The predicted octanol–water partition coefficient (Wildman–Crippen LogP) is 2.92. The van der Waals surface area contributed by atoms with Gasteiger partial charge in [0.05, 0.1) is 0 Å². The lowest BCUT2D eigenvalue weighted by Crippen LogP contribution is -2.29. The molecule has 0 spiro atoms. The maximum Gasteiger partial charge on any atom is 0.251 e. The monoisotopic (exact) mass is 291 g/mol. The van der Waals surface area contributed by atoms with Crippen molar-refractivity contribution < 1.29 is 4.79 Å². The van der Waals surface area contributed by atoms with Crippen LogP contribution in [0.2, 0.25) is 0 Å². The number of anilines is 1. The summed E-state index contributed by atoms with van der Waals surface area (Å²) in [5, 5.41) is 6.41. The van der Waals surface area contributed by atoms with Gasteiger partial charge < -0.3 is 16.4 Å². The zero-order valence-electron chi connectivity index (χ0n) is 13.9. The van der Waals surface area contributed by atoms with E-state index in [0.29, 0.717) is 18.5 Å². The van der Waals surface area contributed by atoms with Crippen molar-refractivity contribution >= 4 is 11.6 Å². The highest BCUT2D eigenvalue weighted by Gasteiger charge is 2.13. The Bertz CT molecular complexity index is 469. The third kappa shape index (κ3) is 5.38. The van der Waals surface area contributed by atoms with Crippen molar-refractivity contribution in [2.45, 2.75) is 53.1 Å². The second-order valence-corrected chi connectivity index (χ2v) is 6.18. The molecule has 4 nitrogen and oxygen atoms in total. The van der Waals surface area contributed by atoms with Gasteiger partial charge in [-0.1, -0.05) is 19.9 Å². The van der Waals surface area contributed by atoms with E-state index < -0.39 is 0 Å². The highest BCUT2D eigenvalue weighted by molar-refractivity contribution is 5.97. The van der Waals surface area contributed by atoms with Crippen LogP contribution in [0, 0.1) is 12.8 Å². The van der Waals surface area contributed by atoms with Crippen LogP contribution in [-0.4, -0.2) is 24.5 Å². The van der Waals surface area contributed by atoms with E-state index in [0.717, 1.165) is 23.2 Å². The maximum absolute atomic E-state index is 12.2. The van der Waals surface area contributed by atoms with Crippen molar-refractivity contribution in [3.63, 3.8) is 0 Å². The summed E-state index contributed by atoms with van der Waals surface area (Å²) >= 11 is 0. The summed E-state index contributed by atoms with van der Waals surface area (Å²) in [6, 6.07) is 6.27. The van der Waals surface area contributed by atoms with Gasteiger partial charge in [-0.3, -0.25) is 4.79 Å². The van der Waals surface area contributed by atoms with Gasteiger partial charge in [-0.05, 0) is 50.8 Å². The van der Waals surface area contributed by atoms with Gasteiger partial charge in [0.2, 0.25) is 0 Å². The Balaban J connectivity index is 2.77. The molecule has 1 amide bonds. The molecule has 0 saturated carbocycles. The quantitative estimate of drug-likeness (QED) is 0.723. The fraction of sp³-hybridized carbons (Fsp3) is 0.588. The minimum atomic E-state index is -0.0333. The molecule has 0 bridgehead atoms. The topological polar surface area (TPSA) is 67.2 Å². The smallest absolute Gasteiger partial charge is 0.251 e. The lowest BCUT2D eigenvalue weighted by molar-refractivity contribution is 0.0952. The molecule has 2 atom stereocenters. The van der Waals surface area contributed by atoms with Gasteiger partial charge in [0, 0.05) is 29.9 Å². The van der Waals surface area contributed by atoms with Crippen molar-refractivity contribution in [3.05, 3.63) is 29.3 Å². The van der Waals surface area contributed by atoms with Crippen molar-refractivity contribution in [1.82, 2.24) is 5.32 Å².